The average molecular weight is 284 g/mol. The van der Waals surface area contributed by atoms with Gasteiger partial charge in [0.05, 0.1) is 5.41 Å². The topological polar surface area (TPSA) is 43.8 Å². The van der Waals surface area contributed by atoms with Crippen molar-refractivity contribution in [1.29, 1.82) is 0 Å². The number of hydrogen-bond donors (Lipinski definition) is 1. The molecule has 0 radical (unpaired) electrons. The van der Waals surface area contributed by atoms with Crippen LogP contribution >= 0.6 is 0 Å². The van der Waals surface area contributed by atoms with Gasteiger partial charge in [-0.05, 0) is 58.9 Å². The number of hydrogen-bond acceptors (Lipinski definition) is 3. The van der Waals surface area contributed by atoms with Gasteiger partial charge in [0.2, 0.25) is 0 Å². The molecular weight excluding hydrogens is 252 g/mol. The van der Waals surface area contributed by atoms with E-state index in [4.69, 9.17) is 0 Å². The van der Waals surface area contributed by atoms with E-state index in [1.807, 2.05) is 0 Å². The lowest BCUT2D eigenvalue weighted by Crippen LogP contribution is -2.46. The molecule has 1 rings (SSSR count). The predicted octanol–water partition coefficient (Wildman–Crippen LogP) is 2.54. The molecule has 4 nitrogen and oxygen atoms in total. The molecule has 1 N–H and O–H groups in total. The van der Waals surface area contributed by atoms with Crippen LogP contribution in [0.1, 0.15) is 46.0 Å². The largest absolute Gasteiger partial charge is 0.481 e. The van der Waals surface area contributed by atoms with E-state index in [-0.39, 0.29) is 0 Å². The van der Waals surface area contributed by atoms with Crippen LogP contribution < -0.4 is 0 Å². The van der Waals surface area contributed by atoms with Crippen LogP contribution in [0.2, 0.25) is 0 Å². The molecule has 118 valence electrons. The zero-order valence-electron chi connectivity index (χ0n) is 13.7. The summed E-state index contributed by atoms with van der Waals surface area (Å²) in [6, 6.07) is 0. The van der Waals surface area contributed by atoms with Crippen LogP contribution in [0, 0.1) is 11.3 Å². The van der Waals surface area contributed by atoms with Crippen molar-refractivity contribution in [2.75, 3.05) is 40.3 Å². The number of carboxylic acids is 1. The maximum absolute atomic E-state index is 11.8. The minimum atomic E-state index is -0.588. The summed E-state index contributed by atoms with van der Waals surface area (Å²) in [5.74, 6) is -0.0459. The molecule has 0 aliphatic heterocycles. The summed E-state index contributed by atoms with van der Waals surface area (Å²) in [4.78, 5) is 16.3. The molecule has 1 aliphatic rings. The van der Waals surface area contributed by atoms with E-state index in [1.165, 1.54) is 6.42 Å². The molecule has 4 heteroatoms. The summed E-state index contributed by atoms with van der Waals surface area (Å²) < 4.78 is 0. The monoisotopic (exact) mass is 284 g/mol. The Kier molecular flexibility index (Phi) is 6.96. The third-order valence-corrected chi connectivity index (χ3v) is 4.60. The molecule has 2 unspecified atom stereocenters. The van der Waals surface area contributed by atoms with Crippen LogP contribution in [0.4, 0.5) is 0 Å². The van der Waals surface area contributed by atoms with Gasteiger partial charge in [0.15, 0.2) is 0 Å². The molecular formula is C16H32N2O2. The molecule has 0 heterocycles. The van der Waals surface area contributed by atoms with Crippen molar-refractivity contribution < 1.29 is 9.90 Å². The highest BCUT2D eigenvalue weighted by Crippen LogP contribution is 2.40. The van der Waals surface area contributed by atoms with E-state index in [1.54, 1.807) is 0 Å². The number of nitrogens with zero attached hydrogens (tertiary/aromatic N) is 2. The second kappa shape index (κ2) is 7.99. The van der Waals surface area contributed by atoms with E-state index >= 15 is 0 Å². The van der Waals surface area contributed by atoms with Gasteiger partial charge in [-0.1, -0.05) is 26.7 Å². The van der Waals surface area contributed by atoms with Crippen LogP contribution in [0.25, 0.3) is 0 Å². The first kappa shape index (κ1) is 17.4. The van der Waals surface area contributed by atoms with E-state index in [9.17, 15) is 9.90 Å². The average Bonchev–Trinajstić information content (AvgIpc) is 2.37. The molecule has 20 heavy (non-hydrogen) atoms. The SMILES string of the molecule is CCN(CCCN(C)C)CC1(C(=O)O)CCCC(C)C1. The Morgan fingerprint density at radius 3 is 2.55 bits per heavy atom. The highest BCUT2D eigenvalue weighted by molar-refractivity contribution is 5.75. The van der Waals surface area contributed by atoms with Gasteiger partial charge in [0.25, 0.3) is 0 Å². The lowest BCUT2D eigenvalue weighted by Gasteiger charge is -2.40. The first-order valence-corrected chi connectivity index (χ1v) is 8.00. The van der Waals surface area contributed by atoms with Crippen molar-refractivity contribution >= 4 is 5.97 Å². The summed E-state index contributed by atoms with van der Waals surface area (Å²) in [6.45, 7) is 8.05. The zero-order valence-corrected chi connectivity index (χ0v) is 13.7. The number of carbonyl (C=O) groups is 1. The number of rotatable bonds is 8. The minimum absolute atomic E-state index is 0.508. The molecule has 0 amide bonds. The van der Waals surface area contributed by atoms with Crippen LogP contribution in [-0.2, 0) is 4.79 Å². The molecule has 0 bridgehead atoms. The maximum Gasteiger partial charge on any atom is 0.310 e. The number of carboxylic acid groups (broad SMARTS) is 1. The van der Waals surface area contributed by atoms with E-state index in [0.29, 0.717) is 5.92 Å². The molecule has 0 spiro atoms. The van der Waals surface area contributed by atoms with E-state index in [0.717, 1.165) is 51.9 Å². The Hall–Kier alpha value is -0.610. The van der Waals surface area contributed by atoms with Crippen molar-refractivity contribution in [3.05, 3.63) is 0 Å². The van der Waals surface area contributed by atoms with Crippen molar-refractivity contribution in [2.24, 2.45) is 11.3 Å². The smallest absolute Gasteiger partial charge is 0.310 e. The van der Waals surface area contributed by atoms with Crippen LogP contribution in [-0.4, -0.2) is 61.2 Å². The van der Waals surface area contributed by atoms with Crippen molar-refractivity contribution in [2.45, 2.75) is 46.0 Å². The van der Waals surface area contributed by atoms with E-state index < -0.39 is 11.4 Å². The molecule has 1 fully saturated rings. The lowest BCUT2D eigenvalue weighted by atomic mass is 9.69. The van der Waals surface area contributed by atoms with Gasteiger partial charge in [-0.3, -0.25) is 4.79 Å². The molecule has 2 atom stereocenters. The fraction of sp³-hybridized carbons (Fsp3) is 0.938. The normalized spacial score (nSPS) is 27.2. The molecule has 0 aromatic carbocycles. The van der Waals surface area contributed by atoms with Gasteiger partial charge in [0, 0.05) is 6.54 Å². The fourth-order valence-electron chi connectivity index (χ4n) is 3.45. The van der Waals surface area contributed by atoms with Crippen molar-refractivity contribution in [1.82, 2.24) is 9.80 Å². The van der Waals surface area contributed by atoms with Crippen molar-refractivity contribution in [3.63, 3.8) is 0 Å². The first-order valence-electron chi connectivity index (χ1n) is 8.00. The Labute approximate surface area is 124 Å². The van der Waals surface area contributed by atoms with Gasteiger partial charge in [-0.15, -0.1) is 0 Å². The Morgan fingerprint density at radius 2 is 2.05 bits per heavy atom. The van der Waals surface area contributed by atoms with Gasteiger partial charge in [-0.25, -0.2) is 0 Å². The summed E-state index contributed by atoms with van der Waals surface area (Å²) in [7, 11) is 4.16. The maximum atomic E-state index is 11.8. The van der Waals surface area contributed by atoms with Gasteiger partial charge in [-0.2, -0.15) is 0 Å². The predicted molar refractivity (Wildman–Crippen MR) is 83.0 cm³/mol. The first-order chi connectivity index (χ1) is 9.39. The second-order valence-corrected chi connectivity index (χ2v) is 6.81. The number of aliphatic carboxylic acids is 1. The summed E-state index contributed by atoms with van der Waals surface area (Å²) in [5, 5.41) is 9.73. The van der Waals surface area contributed by atoms with Gasteiger partial charge >= 0.3 is 5.97 Å². The van der Waals surface area contributed by atoms with Crippen LogP contribution in [0.15, 0.2) is 0 Å². The Bertz CT molecular complexity index is 307. The highest BCUT2D eigenvalue weighted by Gasteiger charge is 2.42. The highest BCUT2D eigenvalue weighted by atomic mass is 16.4. The Morgan fingerprint density at radius 1 is 1.35 bits per heavy atom. The molecule has 0 saturated heterocycles. The third-order valence-electron chi connectivity index (χ3n) is 4.60. The summed E-state index contributed by atoms with van der Waals surface area (Å²) >= 11 is 0. The standard InChI is InChI=1S/C16H32N2O2/c1-5-18(11-7-10-17(3)4)13-16(15(19)20)9-6-8-14(2)12-16/h14H,5-13H2,1-4H3,(H,19,20). The van der Waals surface area contributed by atoms with Gasteiger partial charge < -0.3 is 14.9 Å². The fourth-order valence-corrected chi connectivity index (χ4v) is 3.45. The zero-order chi connectivity index (χ0) is 15.2. The lowest BCUT2D eigenvalue weighted by molar-refractivity contribution is -0.153. The van der Waals surface area contributed by atoms with Crippen LogP contribution in [0.3, 0.4) is 0 Å². The second-order valence-electron chi connectivity index (χ2n) is 6.81. The third kappa shape index (κ3) is 5.06. The van der Waals surface area contributed by atoms with Gasteiger partial charge in [0.1, 0.15) is 0 Å². The molecule has 1 saturated carbocycles. The van der Waals surface area contributed by atoms with E-state index in [2.05, 4.69) is 37.7 Å². The molecule has 0 aromatic heterocycles. The molecule has 0 aromatic rings. The molecule has 1 aliphatic carbocycles. The summed E-state index contributed by atoms with van der Waals surface area (Å²) in [6.07, 6.45) is 5.03. The quantitative estimate of drug-likeness (QED) is 0.744. The van der Waals surface area contributed by atoms with Crippen LogP contribution in [0.5, 0.6) is 0 Å². The summed E-state index contributed by atoms with van der Waals surface area (Å²) in [5.41, 5.74) is -0.508. The van der Waals surface area contributed by atoms with Crippen molar-refractivity contribution in [3.8, 4) is 0 Å². The Balaban J connectivity index is 2.60. The minimum Gasteiger partial charge on any atom is -0.481 e.